The van der Waals surface area contributed by atoms with E-state index in [2.05, 4.69) is 26.4 Å². The Kier molecular flexibility index (Phi) is 8.75. The predicted octanol–water partition coefficient (Wildman–Crippen LogP) is 2.64. The van der Waals surface area contributed by atoms with Gasteiger partial charge in [-0.1, -0.05) is 6.07 Å². The molecule has 0 saturated carbocycles. The molecule has 26 heavy (non-hydrogen) atoms. The molecule has 8 heteroatoms. The minimum atomic E-state index is 0. The second kappa shape index (κ2) is 10.6. The zero-order valence-corrected chi connectivity index (χ0v) is 18.7. The quantitative estimate of drug-likeness (QED) is 0.388. The monoisotopic (exact) mass is 492 g/mol. The van der Waals surface area contributed by atoms with Gasteiger partial charge in [-0.05, 0) is 25.2 Å². The van der Waals surface area contributed by atoms with Gasteiger partial charge in [-0.15, -0.1) is 24.0 Å². The average Bonchev–Trinajstić information content (AvgIpc) is 3.12. The van der Waals surface area contributed by atoms with Crippen LogP contribution in [-0.4, -0.2) is 72.8 Å². The Hall–Kier alpha value is -0.740. The van der Waals surface area contributed by atoms with Crippen LogP contribution in [0, 0.1) is 0 Å². The van der Waals surface area contributed by atoms with E-state index >= 15 is 0 Å². The average molecular weight is 492 g/mol. The standard InChI is InChI=1S/C18H28N4O2S.HI/c1-19-17(21-14-18(25-2)7-11-23-12-8-18)22-10-6-15(13-22)24-16-5-3-4-9-20-16;/h3-5,9,15H,6-8,10-14H2,1-2H3,(H,19,21);1H. The van der Waals surface area contributed by atoms with Crippen molar-refractivity contribution in [1.82, 2.24) is 15.2 Å². The smallest absolute Gasteiger partial charge is 0.213 e. The lowest BCUT2D eigenvalue weighted by Crippen LogP contribution is -2.49. The molecule has 1 aromatic heterocycles. The maximum atomic E-state index is 5.98. The second-order valence-corrected chi connectivity index (χ2v) is 7.82. The molecule has 1 atom stereocenters. The molecule has 2 aliphatic heterocycles. The summed E-state index contributed by atoms with van der Waals surface area (Å²) in [6.07, 6.45) is 7.28. The number of halogens is 1. The van der Waals surface area contributed by atoms with Crippen LogP contribution in [0.1, 0.15) is 19.3 Å². The highest BCUT2D eigenvalue weighted by Gasteiger charge is 2.33. The number of hydrogen-bond donors (Lipinski definition) is 1. The predicted molar refractivity (Wildman–Crippen MR) is 118 cm³/mol. The molecule has 6 nitrogen and oxygen atoms in total. The van der Waals surface area contributed by atoms with Crippen molar-refractivity contribution < 1.29 is 9.47 Å². The van der Waals surface area contributed by atoms with Crippen LogP contribution in [0.5, 0.6) is 5.88 Å². The molecule has 0 aliphatic carbocycles. The van der Waals surface area contributed by atoms with Crippen LogP contribution in [0.15, 0.2) is 29.4 Å². The maximum absolute atomic E-state index is 5.98. The van der Waals surface area contributed by atoms with Gasteiger partial charge >= 0.3 is 0 Å². The first-order valence-electron chi connectivity index (χ1n) is 8.91. The third kappa shape index (κ3) is 5.63. The summed E-state index contributed by atoms with van der Waals surface area (Å²) in [5, 5.41) is 3.59. The number of nitrogens with one attached hydrogen (secondary N) is 1. The molecule has 1 aromatic rings. The number of aliphatic imine (C=N–C) groups is 1. The summed E-state index contributed by atoms with van der Waals surface area (Å²) in [6.45, 7) is 4.42. The molecule has 0 spiro atoms. The minimum absolute atomic E-state index is 0. The minimum Gasteiger partial charge on any atom is -0.472 e. The first kappa shape index (κ1) is 21.6. The Bertz CT molecular complexity index is 570. The van der Waals surface area contributed by atoms with Crippen LogP contribution in [-0.2, 0) is 4.74 Å². The number of aromatic nitrogens is 1. The van der Waals surface area contributed by atoms with Crippen LogP contribution < -0.4 is 10.1 Å². The zero-order chi connectivity index (χ0) is 17.5. The third-order valence-corrected chi connectivity index (χ3v) is 6.41. The van der Waals surface area contributed by atoms with Crippen molar-refractivity contribution in [2.45, 2.75) is 30.1 Å². The fourth-order valence-electron chi connectivity index (χ4n) is 3.37. The van der Waals surface area contributed by atoms with Crippen LogP contribution >= 0.6 is 35.7 Å². The molecule has 2 aliphatic rings. The summed E-state index contributed by atoms with van der Waals surface area (Å²) in [5.41, 5.74) is 0. The van der Waals surface area contributed by atoms with Crippen LogP contribution in [0.4, 0.5) is 0 Å². The summed E-state index contributed by atoms with van der Waals surface area (Å²) < 4.78 is 11.8. The first-order chi connectivity index (χ1) is 12.2. The van der Waals surface area contributed by atoms with Crippen molar-refractivity contribution in [3.05, 3.63) is 24.4 Å². The van der Waals surface area contributed by atoms with Gasteiger partial charge in [0.15, 0.2) is 5.96 Å². The van der Waals surface area contributed by atoms with E-state index in [0.717, 1.165) is 58.1 Å². The molecule has 146 valence electrons. The molecule has 1 N–H and O–H groups in total. The van der Waals surface area contributed by atoms with Gasteiger partial charge in [-0.2, -0.15) is 11.8 Å². The highest BCUT2D eigenvalue weighted by molar-refractivity contribution is 14.0. The van der Waals surface area contributed by atoms with Gasteiger partial charge in [-0.25, -0.2) is 4.98 Å². The number of hydrogen-bond acceptors (Lipinski definition) is 5. The number of rotatable bonds is 5. The number of thioether (sulfide) groups is 1. The Morgan fingerprint density at radius 2 is 2.27 bits per heavy atom. The van der Waals surface area contributed by atoms with E-state index in [-0.39, 0.29) is 34.8 Å². The highest BCUT2D eigenvalue weighted by Crippen LogP contribution is 2.33. The van der Waals surface area contributed by atoms with Crippen molar-refractivity contribution in [2.24, 2.45) is 4.99 Å². The number of guanidine groups is 1. The van der Waals surface area contributed by atoms with Crippen LogP contribution in [0.3, 0.4) is 0 Å². The molecule has 0 radical (unpaired) electrons. The molecule has 0 amide bonds. The first-order valence-corrected chi connectivity index (χ1v) is 10.1. The van der Waals surface area contributed by atoms with Gasteiger partial charge in [0.05, 0.1) is 6.54 Å². The lowest BCUT2D eigenvalue weighted by Gasteiger charge is -2.36. The number of likely N-dealkylation sites (tertiary alicyclic amines) is 1. The van der Waals surface area contributed by atoms with E-state index in [1.807, 2.05) is 37.0 Å². The molecule has 0 bridgehead atoms. The second-order valence-electron chi connectivity index (χ2n) is 6.54. The van der Waals surface area contributed by atoms with Crippen molar-refractivity contribution in [3.8, 4) is 5.88 Å². The van der Waals surface area contributed by atoms with E-state index in [0.29, 0.717) is 5.88 Å². The summed E-state index contributed by atoms with van der Waals surface area (Å²) in [4.78, 5) is 11.0. The Morgan fingerprint density at radius 3 is 2.92 bits per heavy atom. The molecule has 3 heterocycles. The molecule has 2 saturated heterocycles. The molecule has 0 aromatic carbocycles. The van der Waals surface area contributed by atoms with Crippen molar-refractivity contribution in [1.29, 1.82) is 0 Å². The summed E-state index contributed by atoms with van der Waals surface area (Å²) in [6, 6.07) is 5.76. The van der Waals surface area contributed by atoms with Crippen molar-refractivity contribution in [2.75, 3.05) is 46.2 Å². The number of ether oxygens (including phenoxy) is 2. The van der Waals surface area contributed by atoms with Crippen LogP contribution in [0.25, 0.3) is 0 Å². The normalized spacial score (nSPS) is 22.6. The van der Waals surface area contributed by atoms with E-state index in [9.17, 15) is 0 Å². The molecule has 2 fully saturated rings. The van der Waals surface area contributed by atoms with E-state index in [1.54, 1.807) is 6.20 Å². The highest BCUT2D eigenvalue weighted by atomic mass is 127. The van der Waals surface area contributed by atoms with Gasteiger partial charge in [0.2, 0.25) is 5.88 Å². The van der Waals surface area contributed by atoms with E-state index in [1.165, 1.54) is 0 Å². The third-order valence-electron chi connectivity index (χ3n) is 4.99. The summed E-state index contributed by atoms with van der Waals surface area (Å²) >= 11 is 1.94. The van der Waals surface area contributed by atoms with Gasteiger partial charge in [0.1, 0.15) is 6.10 Å². The fourth-order valence-corrected chi connectivity index (χ4v) is 4.16. The van der Waals surface area contributed by atoms with Gasteiger partial charge in [0.25, 0.3) is 0 Å². The summed E-state index contributed by atoms with van der Waals surface area (Å²) in [7, 11) is 1.85. The van der Waals surface area contributed by atoms with E-state index < -0.39 is 0 Å². The summed E-state index contributed by atoms with van der Waals surface area (Å²) in [5.74, 6) is 1.66. The van der Waals surface area contributed by atoms with Gasteiger partial charge < -0.3 is 19.7 Å². The van der Waals surface area contributed by atoms with Crippen LogP contribution in [0.2, 0.25) is 0 Å². The molecule has 3 rings (SSSR count). The lowest BCUT2D eigenvalue weighted by molar-refractivity contribution is 0.0781. The van der Waals surface area contributed by atoms with Gasteiger partial charge in [-0.3, -0.25) is 4.99 Å². The lowest BCUT2D eigenvalue weighted by atomic mass is 9.99. The Morgan fingerprint density at radius 1 is 1.46 bits per heavy atom. The largest absolute Gasteiger partial charge is 0.472 e. The Labute approximate surface area is 177 Å². The van der Waals surface area contributed by atoms with Crippen molar-refractivity contribution >= 4 is 41.7 Å². The number of pyridine rings is 1. The molecule has 1 unspecified atom stereocenters. The fraction of sp³-hybridized carbons (Fsp3) is 0.667. The Balaban J connectivity index is 0.00000243. The molecular formula is C18H29IN4O2S. The number of nitrogens with zero attached hydrogens (tertiary/aromatic N) is 3. The maximum Gasteiger partial charge on any atom is 0.213 e. The topological polar surface area (TPSA) is 59.0 Å². The van der Waals surface area contributed by atoms with Gasteiger partial charge in [0, 0.05) is 56.8 Å². The van der Waals surface area contributed by atoms with E-state index in [4.69, 9.17) is 9.47 Å². The SMILES string of the molecule is CN=C(NCC1(SC)CCOCC1)N1CCC(Oc2ccccn2)C1.I. The zero-order valence-electron chi connectivity index (χ0n) is 15.5. The molecular weight excluding hydrogens is 463 g/mol. The van der Waals surface area contributed by atoms with Crippen molar-refractivity contribution in [3.63, 3.8) is 0 Å².